The van der Waals surface area contributed by atoms with Gasteiger partial charge in [-0.1, -0.05) is 0 Å². The van der Waals surface area contributed by atoms with Crippen LogP contribution in [0.2, 0.25) is 0 Å². The molecule has 0 amide bonds. The number of carbonyl (C=O) groups is 1. The van der Waals surface area contributed by atoms with Gasteiger partial charge in [-0.2, -0.15) is 0 Å². The number of aliphatic hydroxyl groups is 7. The Morgan fingerprint density at radius 2 is 1.40 bits per heavy atom. The summed E-state index contributed by atoms with van der Waals surface area (Å²) in [5.74, 6) is -2.68. The summed E-state index contributed by atoms with van der Waals surface area (Å²) in [4.78, 5) is 26.2. The first-order valence-corrected chi connectivity index (χ1v) is 16.5. The first-order chi connectivity index (χ1) is 25.0. The van der Waals surface area contributed by atoms with E-state index in [4.69, 9.17) is 37.6 Å². The molecule has 2 aromatic carbocycles. The minimum Gasteiger partial charge on any atom is -0.508 e. The maximum atomic E-state index is 14.2. The quantitative estimate of drug-likeness (QED) is 0.116. The second-order valence-corrected chi connectivity index (χ2v) is 13.0. The molecule has 3 aromatic rings. The third kappa shape index (κ3) is 7.64. The summed E-state index contributed by atoms with van der Waals surface area (Å²) in [5.41, 5.74) is -1.08. The molecule has 14 atom stereocenters. The van der Waals surface area contributed by atoms with Crippen LogP contribution in [-0.4, -0.2) is 145 Å². The van der Waals surface area contributed by atoms with Gasteiger partial charge < -0.3 is 83.5 Å². The van der Waals surface area contributed by atoms with Crippen LogP contribution in [0.1, 0.15) is 20.8 Å². The van der Waals surface area contributed by atoms with Crippen molar-refractivity contribution < 1.29 is 88.3 Å². The number of aliphatic hydroxyl groups excluding tert-OH is 7. The minimum atomic E-state index is -1.90. The van der Waals surface area contributed by atoms with E-state index in [9.17, 15) is 55.5 Å². The first-order valence-electron chi connectivity index (χ1n) is 16.5. The highest BCUT2D eigenvalue weighted by atomic mass is 16.7. The summed E-state index contributed by atoms with van der Waals surface area (Å²) in [6.07, 6.45) is -21.4. The van der Waals surface area contributed by atoms with Crippen molar-refractivity contribution >= 4 is 16.9 Å². The van der Waals surface area contributed by atoms with E-state index in [1.54, 1.807) is 0 Å². The first kappa shape index (κ1) is 38.6. The van der Waals surface area contributed by atoms with Gasteiger partial charge in [-0.15, -0.1) is 0 Å². The van der Waals surface area contributed by atoms with E-state index in [1.807, 2.05) is 0 Å². The topological polar surface area (TPSA) is 294 Å². The molecule has 3 fully saturated rings. The molecular weight excluding hydrogens is 712 g/mol. The summed E-state index contributed by atoms with van der Waals surface area (Å²) in [6.45, 7) is 3.53. The highest BCUT2D eigenvalue weighted by Crippen LogP contribution is 2.39. The molecule has 1 aromatic heterocycles. The fourth-order valence-corrected chi connectivity index (χ4v) is 6.25. The van der Waals surface area contributed by atoms with Crippen LogP contribution in [0.3, 0.4) is 0 Å². The van der Waals surface area contributed by atoms with E-state index >= 15 is 0 Å². The second kappa shape index (κ2) is 15.3. The molecule has 6 rings (SSSR count). The number of esters is 1. The SMILES string of the molecule is CC(=O)O[C@@H]1[C@@H](O[C@H]2OC[C@H](O)[C@@H](O)[C@@H]2O)[C@H](O)[C@@H](Oc2c(-c3ccc(O)cc3)oc3cc(O[C@H]4O[C@@H](C)[C@H](O)[C@@H](O)[C@@H]4O)cc(O)c3c2=O)O[C@H]1C. The van der Waals surface area contributed by atoms with E-state index < -0.39 is 121 Å². The molecule has 0 aliphatic carbocycles. The van der Waals surface area contributed by atoms with Crippen LogP contribution >= 0.6 is 0 Å². The second-order valence-electron chi connectivity index (χ2n) is 13.0. The van der Waals surface area contributed by atoms with Gasteiger partial charge in [0.2, 0.25) is 23.8 Å². The van der Waals surface area contributed by atoms with Crippen LogP contribution in [0.15, 0.2) is 45.6 Å². The lowest BCUT2D eigenvalue weighted by Crippen LogP contribution is -2.63. The number of hydrogen-bond acceptors (Lipinski definition) is 19. The van der Waals surface area contributed by atoms with Crippen molar-refractivity contribution in [3.8, 4) is 34.3 Å². The van der Waals surface area contributed by atoms with Crippen molar-refractivity contribution in [2.24, 2.45) is 0 Å². The fourth-order valence-electron chi connectivity index (χ4n) is 6.25. The van der Waals surface area contributed by atoms with Gasteiger partial charge in [-0.05, 0) is 38.1 Å². The standard InChI is InChI=1S/C34H40O19/c1-11-21(39)24(42)26(44)33(47-11)50-16-8-17(37)20-19(9-16)51-29(14-4-6-15(36)7-5-14)30(23(20)41)53-34-27(45)31(28(12(2)48-34)49-13(3)35)52-32-25(43)22(40)18(38)10-46-32/h4-9,11-12,18,21-22,24-28,31-34,36-40,42-45H,10H2,1-3H3/t11-,12-,18-,21-,22+,24+,25-,26-,27-,28-,31-,32+,33+,34+/m0/s1. The Bertz CT molecular complexity index is 1830. The Hall–Kier alpha value is -4.12. The number of rotatable bonds is 8. The molecule has 3 saturated heterocycles. The molecular formula is C34H40O19. The molecule has 19 nitrogen and oxygen atoms in total. The van der Waals surface area contributed by atoms with Gasteiger partial charge >= 0.3 is 5.97 Å². The number of hydrogen-bond donors (Lipinski definition) is 9. The van der Waals surface area contributed by atoms with Gasteiger partial charge in [-0.25, -0.2) is 0 Å². The zero-order chi connectivity index (χ0) is 38.5. The van der Waals surface area contributed by atoms with Crippen molar-refractivity contribution in [3.05, 3.63) is 46.6 Å². The number of aromatic hydroxyl groups is 2. The molecule has 19 heteroatoms. The average Bonchev–Trinajstić information content (AvgIpc) is 3.10. The zero-order valence-electron chi connectivity index (χ0n) is 28.4. The summed E-state index contributed by atoms with van der Waals surface area (Å²) in [6, 6.07) is 7.50. The molecule has 0 bridgehead atoms. The molecule has 3 aliphatic heterocycles. The molecule has 0 saturated carbocycles. The molecule has 0 unspecified atom stereocenters. The summed E-state index contributed by atoms with van der Waals surface area (Å²) in [5, 5.41) is 93.3. The van der Waals surface area contributed by atoms with Gasteiger partial charge in [0.15, 0.2) is 18.2 Å². The van der Waals surface area contributed by atoms with Crippen LogP contribution in [0.25, 0.3) is 22.3 Å². The molecule has 53 heavy (non-hydrogen) atoms. The lowest BCUT2D eigenvalue weighted by atomic mass is 9.98. The third-order valence-corrected chi connectivity index (χ3v) is 9.13. The van der Waals surface area contributed by atoms with E-state index in [0.29, 0.717) is 0 Å². The number of phenols is 2. The van der Waals surface area contributed by atoms with Crippen molar-refractivity contribution in [2.45, 2.75) is 107 Å². The Balaban J connectivity index is 1.38. The zero-order valence-corrected chi connectivity index (χ0v) is 28.4. The average molecular weight is 753 g/mol. The third-order valence-electron chi connectivity index (χ3n) is 9.13. The van der Waals surface area contributed by atoms with E-state index in [1.165, 1.54) is 44.2 Å². The Morgan fingerprint density at radius 1 is 0.755 bits per heavy atom. The Kier molecular flexibility index (Phi) is 11.2. The smallest absolute Gasteiger partial charge is 0.303 e. The molecule has 3 aliphatic rings. The van der Waals surface area contributed by atoms with Crippen molar-refractivity contribution in [2.75, 3.05) is 6.61 Å². The minimum absolute atomic E-state index is 0.138. The van der Waals surface area contributed by atoms with E-state index in [2.05, 4.69) is 0 Å². The molecule has 0 radical (unpaired) electrons. The van der Waals surface area contributed by atoms with E-state index in [0.717, 1.165) is 13.0 Å². The normalized spacial score (nSPS) is 36.2. The van der Waals surface area contributed by atoms with Gasteiger partial charge in [0, 0.05) is 24.6 Å². The van der Waals surface area contributed by atoms with Crippen molar-refractivity contribution in [1.82, 2.24) is 0 Å². The maximum Gasteiger partial charge on any atom is 0.303 e. The highest BCUT2D eigenvalue weighted by molar-refractivity contribution is 5.88. The van der Waals surface area contributed by atoms with Crippen LogP contribution in [0.5, 0.6) is 23.0 Å². The van der Waals surface area contributed by atoms with E-state index in [-0.39, 0.29) is 28.4 Å². The summed E-state index contributed by atoms with van der Waals surface area (Å²) in [7, 11) is 0. The van der Waals surface area contributed by atoms with Crippen LogP contribution in [-0.2, 0) is 28.5 Å². The number of ether oxygens (including phenoxy) is 7. The Labute approximate surface area is 299 Å². The van der Waals surface area contributed by atoms with Crippen molar-refractivity contribution in [1.29, 1.82) is 0 Å². The molecule has 0 spiro atoms. The van der Waals surface area contributed by atoms with Gasteiger partial charge in [-0.3, -0.25) is 9.59 Å². The number of phenolic OH excluding ortho intramolecular Hbond substituents is 2. The summed E-state index contributed by atoms with van der Waals surface area (Å²) < 4.78 is 45.5. The number of fused-ring (bicyclic) bond motifs is 1. The van der Waals surface area contributed by atoms with Gasteiger partial charge in [0.25, 0.3) is 0 Å². The lowest BCUT2D eigenvalue weighted by molar-refractivity contribution is -0.336. The predicted octanol–water partition coefficient (Wildman–Crippen LogP) is -1.68. The fraction of sp³-hybridized carbons (Fsp3) is 0.529. The molecule has 290 valence electrons. The van der Waals surface area contributed by atoms with Crippen LogP contribution in [0, 0.1) is 0 Å². The lowest BCUT2D eigenvalue weighted by Gasteiger charge is -2.45. The largest absolute Gasteiger partial charge is 0.508 e. The van der Waals surface area contributed by atoms with Crippen LogP contribution in [0.4, 0.5) is 0 Å². The van der Waals surface area contributed by atoms with Gasteiger partial charge in [0.05, 0.1) is 18.8 Å². The summed E-state index contributed by atoms with van der Waals surface area (Å²) >= 11 is 0. The predicted molar refractivity (Wildman–Crippen MR) is 173 cm³/mol. The Morgan fingerprint density at radius 3 is 2.08 bits per heavy atom. The highest BCUT2D eigenvalue weighted by Gasteiger charge is 2.51. The number of carbonyl (C=O) groups excluding carboxylic acids is 1. The van der Waals surface area contributed by atoms with Crippen molar-refractivity contribution in [3.63, 3.8) is 0 Å². The van der Waals surface area contributed by atoms with Crippen LogP contribution < -0.4 is 14.9 Å². The monoisotopic (exact) mass is 752 g/mol. The van der Waals surface area contributed by atoms with Gasteiger partial charge in [0.1, 0.15) is 77.0 Å². The molecule has 4 heterocycles. The number of benzene rings is 2. The molecule has 9 N–H and O–H groups in total. The maximum absolute atomic E-state index is 14.2.